The normalized spacial score (nSPS) is 12.5. The van der Waals surface area contributed by atoms with Crippen molar-refractivity contribution < 1.29 is 14.3 Å². The lowest BCUT2D eigenvalue weighted by atomic mass is 10.1. The predicted octanol–water partition coefficient (Wildman–Crippen LogP) is 3.41. The number of aromatic amines is 2. The van der Waals surface area contributed by atoms with E-state index in [2.05, 4.69) is 21.4 Å². The summed E-state index contributed by atoms with van der Waals surface area (Å²) < 4.78 is 12.5. The van der Waals surface area contributed by atoms with Gasteiger partial charge < -0.3 is 24.8 Å². The van der Waals surface area contributed by atoms with E-state index in [1.165, 1.54) is 15.5 Å². The number of aromatic nitrogens is 3. The molecular formula is C23H22N4O4S. The molecule has 0 spiro atoms. The molecule has 32 heavy (non-hydrogen) atoms. The highest BCUT2D eigenvalue weighted by Gasteiger charge is 2.17. The number of carbonyl (C=O) groups is 1. The zero-order valence-corrected chi connectivity index (χ0v) is 18.1. The highest BCUT2D eigenvalue weighted by molar-refractivity contribution is 7.71. The van der Waals surface area contributed by atoms with Crippen molar-refractivity contribution in [1.29, 1.82) is 0 Å². The Morgan fingerprint density at radius 2 is 1.94 bits per heavy atom. The van der Waals surface area contributed by atoms with E-state index in [0.29, 0.717) is 53.1 Å². The molecule has 1 aliphatic heterocycles. The van der Waals surface area contributed by atoms with Gasteiger partial charge in [0.15, 0.2) is 16.3 Å². The lowest BCUT2D eigenvalue weighted by Crippen LogP contribution is -2.27. The molecule has 1 amide bonds. The van der Waals surface area contributed by atoms with Gasteiger partial charge in [0, 0.05) is 42.7 Å². The molecule has 0 aliphatic carbocycles. The monoisotopic (exact) mass is 450 g/mol. The molecule has 3 N–H and O–H groups in total. The molecule has 0 saturated carbocycles. The van der Waals surface area contributed by atoms with E-state index in [1.54, 1.807) is 12.1 Å². The summed E-state index contributed by atoms with van der Waals surface area (Å²) >= 11 is 5.36. The van der Waals surface area contributed by atoms with Gasteiger partial charge in [-0.3, -0.25) is 14.2 Å². The first kappa shape index (κ1) is 20.3. The molecule has 0 saturated heterocycles. The molecule has 2 aromatic carbocycles. The molecule has 0 unspecified atom stereocenters. The van der Waals surface area contributed by atoms with Gasteiger partial charge in [-0.2, -0.15) is 0 Å². The maximum atomic E-state index is 12.9. The van der Waals surface area contributed by atoms with E-state index in [4.69, 9.17) is 21.7 Å². The van der Waals surface area contributed by atoms with E-state index in [-0.39, 0.29) is 18.3 Å². The number of ether oxygens (including phenoxy) is 2. The van der Waals surface area contributed by atoms with E-state index in [1.807, 2.05) is 24.4 Å². The largest absolute Gasteiger partial charge is 0.454 e. The SMILES string of the molecule is O=C(CCCn1c(=S)[nH]c2cc3c(cc2c1=O)OCO3)NCCc1c[nH]c2ccccc12. The Morgan fingerprint density at radius 3 is 2.81 bits per heavy atom. The zero-order valence-electron chi connectivity index (χ0n) is 17.3. The number of carbonyl (C=O) groups excluding carboxylic acids is 1. The third-order valence-corrected chi connectivity index (χ3v) is 5.97. The van der Waals surface area contributed by atoms with Crippen LogP contribution in [-0.4, -0.2) is 33.8 Å². The number of rotatable bonds is 7. The molecule has 0 atom stereocenters. The Hall–Kier alpha value is -3.59. The van der Waals surface area contributed by atoms with Crippen LogP contribution >= 0.6 is 12.2 Å². The van der Waals surface area contributed by atoms with Gasteiger partial charge in [-0.15, -0.1) is 0 Å². The fourth-order valence-electron chi connectivity index (χ4n) is 4.01. The highest BCUT2D eigenvalue weighted by atomic mass is 32.1. The molecule has 0 fully saturated rings. The summed E-state index contributed by atoms with van der Waals surface area (Å²) in [6.07, 6.45) is 3.55. The molecule has 3 heterocycles. The molecule has 1 aliphatic rings. The molecule has 0 radical (unpaired) electrons. The number of hydrogen-bond donors (Lipinski definition) is 3. The highest BCUT2D eigenvalue weighted by Crippen LogP contribution is 2.34. The summed E-state index contributed by atoms with van der Waals surface area (Å²) in [7, 11) is 0. The summed E-state index contributed by atoms with van der Waals surface area (Å²) in [6.45, 7) is 1.05. The van der Waals surface area contributed by atoms with Crippen LogP contribution < -0.4 is 20.3 Å². The van der Waals surface area contributed by atoms with Crippen LogP contribution in [0, 0.1) is 4.77 Å². The van der Waals surface area contributed by atoms with Crippen LogP contribution in [0.15, 0.2) is 47.4 Å². The molecule has 8 nitrogen and oxygen atoms in total. The Labute approximate surface area is 188 Å². The Kier molecular flexibility index (Phi) is 5.40. The van der Waals surface area contributed by atoms with Crippen molar-refractivity contribution in [3.63, 3.8) is 0 Å². The summed E-state index contributed by atoms with van der Waals surface area (Å²) in [6, 6.07) is 11.5. The fourth-order valence-corrected chi connectivity index (χ4v) is 4.29. The van der Waals surface area contributed by atoms with Gasteiger partial charge in [-0.1, -0.05) is 18.2 Å². The lowest BCUT2D eigenvalue weighted by molar-refractivity contribution is -0.121. The van der Waals surface area contributed by atoms with Crippen LogP contribution in [0.5, 0.6) is 11.5 Å². The maximum absolute atomic E-state index is 12.9. The van der Waals surface area contributed by atoms with Crippen LogP contribution in [0.1, 0.15) is 18.4 Å². The quantitative estimate of drug-likeness (QED) is 0.375. The maximum Gasteiger partial charge on any atom is 0.262 e. The number of benzene rings is 2. The van der Waals surface area contributed by atoms with Gasteiger partial charge in [0.05, 0.1) is 10.9 Å². The molecule has 5 rings (SSSR count). The van der Waals surface area contributed by atoms with E-state index < -0.39 is 0 Å². The summed E-state index contributed by atoms with van der Waals surface area (Å²) in [5, 5.41) is 4.61. The van der Waals surface area contributed by atoms with Gasteiger partial charge in [0.25, 0.3) is 5.56 Å². The molecular weight excluding hydrogens is 428 g/mol. The van der Waals surface area contributed by atoms with Gasteiger partial charge in [0.2, 0.25) is 12.7 Å². The lowest BCUT2D eigenvalue weighted by Gasteiger charge is -2.09. The third kappa shape index (κ3) is 3.87. The summed E-state index contributed by atoms with van der Waals surface area (Å²) in [5.74, 6) is 1.09. The van der Waals surface area contributed by atoms with Crippen molar-refractivity contribution in [2.75, 3.05) is 13.3 Å². The smallest absolute Gasteiger partial charge is 0.262 e. The summed E-state index contributed by atoms with van der Waals surface area (Å²) in [4.78, 5) is 31.5. The second kappa shape index (κ2) is 8.51. The van der Waals surface area contributed by atoms with Crippen LogP contribution in [0.2, 0.25) is 0 Å². The molecule has 9 heteroatoms. The second-order valence-electron chi connectivity index (χ2n) is 7.70. The van der Waals surface area contributed by atoms with Crippen molar-refractivity contribution in [2.24, 2.45) is 0 Å². The van der Waals surface area contributed by atoms with Crippen molar-refractivity contribution >= 4 is 39.9 Å². The number of hydrogen-bond acceptors (Lipinski definition) is 5. The first-order chi connectivity index (χ1) is 15.6. The van der Waals surface area contributed by atoms with Gasteiger partial charge in [-0.25, -0.2) is 0 Å². The Morgan fingerprint density at radius 1 is 1.12 bits per heavy atom. The van der Waals surface area contributed by atoms with Crippen LogP contribution in [-0.2, 0) is 17.8 Å². The third-order valence-electron chi connectivity index (χ3n) is 5.65. The van der Waals surface area contributed by atoms with E-state index >= 15 is 0 Å². The fraction of sp³-hybridized carbons (Fsp3) is 0.261. The average Bonchev–Trinajstić information content (AvgIpc) is 3.41. The molecule has 164 valence electrons. The molecule has 2 aromatic heterocycles. The predicted molar refractivity (Wildman–Crippen MR) is 124 cm³/mol. The minimum Gasteiger partial charge on any atom is -0.454 e. The minimum atomic E-state index is -0.207. The number of amides is 1. The zero-order chi connectivity index (χ0) is 22.1. The van der Waals surface area contributed by atoms with Gasteiger partial charge >= 0.3 is 0 Å². The topological polar surface area (TPSA) is 101 Å². The van der Waals surface area contributed by atoms with Gasteiger partial charge in [0.1, 0.15) is 0 Å². The van der Waals surface area contributed by atoms with E-state index in [0.717, 1.165) is 11.9 Å². The standard InChI is InChI=1S/C23H22N4O4S/c28-21(24-8-7-14-12-25-17-5-2-1-4-15(14)17)6-3-9-27-22(29)16-10-19-20(31-13-30-19)11-18(16)26-23(27)32/h1-2,4-5,10-12,25H,3,6-9,13H2,(H,24,28)(H,26,32). The van der Waals surface area contributed by atoms with Crippen molar-refractivity contribution in [3.05, 3.63) is 63.3 Å². The first-order valence-corrected chi connectivity index (χ1v) is 10.9. The molecule has 4 aromatic rings. The van der Waals surface area contributed by atoms with Crippen LogP contribution in [0.4, 0.5) is 0 Å². The minimum absolute atomic E-state index is 0.0445. The Bertz CT molecular complexity index is 1440. The van der Waals surface area contributed by atoms with Gasteiger partial charge in [-0.05, 0) is 42.8 Å². The number of H-pyrrole nitrogens is 2. The number of nitrogens with one attached hydrogen (secondary N) is 3. The van der Waals surface area contributed by atoms with Crippen LogP contribution in [0.3, 0.4) is 0 Å². The Balaban J connectivity index is 1.18. The summed E-state index contributed by atoms with van der Waals surface area (Å²) in [5.41, 5.74) is 2.67. The van der Waals surface area contributed by atoms with Crippen LogP contribution in [0.25, 0.3) is 21.8 Å². The average molecular weight is 451 g/mol. The van der Waals surface area contributed by atoms with E-state index in [9.17, 15) is 9.59 Å². The van der Waals surface area contributed by atoms with Crippen molar-refractivity contribution in [1.82, 2.24) is 19.9 Å². The van der Waals surface area contributed by atoms with Crippen molar-refractivity contribution in [3.8, 4) is 11.5 Å². The number of para-hydroxylation sites is 1. The van der Waals surface area contributed by atoms with Crippen molar-refractivity contribution in [2.45, 2.75) is 25.8 Å². The first-order valence-electron chi connectivity index (χ1n) is 10.5. The second-order valence-corrected chi connectivity index (χ2v) is 8.09. The number of nitrogens with zero attached hydrogens (tertiary/aromatic N) is 1. The molecule has 0 bridgehead atoms. The number of fused-ring (bicyclic) bond motifs is 3.